The van der Waals surface area contributed by atoms with Crippen molar-refractivity contribution < 1.29 is 4.74 Å². The van der Waals surface area contributed by atoms with Crippen LogP contribution in [0.15, 0.2) is 0 Å². The van der Waals surface area contributed by atoms with Crippen molar-refractivity contribution in [3.8, 4) is 0 Å². The van der Waals surface area contributed by atoms with Crippen molar-refractivity contribution in [1.82, 2.24) is 4.90 Å². The molecular weight excluding hydrogens is 176 g/mol. The van der Waals surface area contributed by atoms with Gasteiger partial charge in [0.15, 0.2) is 0 Å². The Morgan fingerprint density at radius 1 is 1.36 bits per heavy atom. The van der Waals surface area contributed by atoms with Gasteiger partial charge < -0.3 is 15.4 Å². The summed E-state index contributed by atoms with van der Waals surface area (Å²) in [6, 6.07) is 0. The Kier molecular flexibility index (Phi) is 4.35. The summed E-state index contributed by atoms with van der Waals surface area (Å²) in [5, 5.41) is 0. The van der Waals surface area contributed by atoms with Crippen LogP contribution in [0.4, 0.5) is 0 Å². The highest BCUT2D eigenvalue weighted by Gasteiger charge is 2.32. The van der Waals surface area contributed by atoms with Gasteiger partial charge in [0.25, 0.3) is 0 Å². The van der Waals surface area contributed by atoms with Crippen molar-refractivity contribution in [3.63, 3.8) is 0 Å². The summed E-state index contributed by atoms with van der Waals surface area (Å²) in [6.45, 7) is 7.10. The predicted octanol–water partition coefficient (Wildman–Crippen LogP) is 1.22. The molecule has 1 rings (SSSR count). The molecule has 84 valence electrons. The van der Waals surface area contributed by atoms with Gasteiger partial charge >= 0.3 is 0 Å². The molecule has 0 spiro atoms. The highest BCUT2D eigenvalue weighted by atomic mass is 16.5. The summed E-state index contributed by atoms with van der Waals surface area (Å²) in [6.07, 6.45) is 3.65. The third-order valence-electron chi connectivity index (χ3n) is 2.98. The molecule has 0 aliphatic carbocycles. The maximum atomic E-state index is 6.00. The first-order chi connectivity index (χ1) is 6.58. The highest BCUT2D eigenvalue weighted by Crippen LogP contribution is 2.26. The first-order valence-corrected chi connectivity index (χ1v) is 5.64. The second kappa shape index (κ2) is 5.10. The molecule has 0 radical (unpaired) electrons. The first-order valence-electron chi connectivity index (χ1n) is 5.64. The number of nitrogens with two attached hydrogens (primary N) is 1. The molecule has 3 nitrogen and oxygen atoms in total. The van der Waals surface area contributed by atoms with Crippen LogP contribution in [0, 0.1) is 0 Å². The summed E-state index contributed by atoms with van der Waals surface area (Å²) < 4.78 is 6.00. The van der Waals surface area contributed by atoms with E-state index < -0.39 is 0 Å². The SMILES string of the molecule is CC(C)OC1(CN)CCCN(C)CC1. The lowest BCUT2D eigenvalue weighted by Gasteiger charge is -2.33. The van der Waals surface area contributed by atoms with E-state index in [1.54, 1.807) is 0 Å². The van der Waals surface area contributed by atoms with Gasteiger partial charge in [0.05, 0.1) is 11.7 Å². The molecule has 0 aromatic heterocycles. The Hall–Kier alpha value is -0.120. The molecule has 0 aromatic rings. The lowest BCUT2D eigenvalue weighted by atomic mass is 9.94. The molecule has 1 atom stereocenters. The zero-order chi connectivity index (χ0) is 10.6. The van der Waals surface area contributed by atoms with Gasteiger partial charge in [-0.3, -0.25) is 0 Å². The van der Waals surface area contributed by atoms with Crippen molar-refractivity contribution >= 4 is 0 Å². The zero-order valence-electron chi connectivity index (χ0n) is 9.75. The molecule has 14 heavy (non-hydrogen) atoms. The Labute approximate surface area is 87.6 Å². The topological polar surface area (TPSA) is 38.5 Å². The van der Waals surface area contributed by atoms with Gasteiger partial charge in [-0.15, -0.1) is 0 Å². The van der Waals surface area contributed by atoms with Crippen molar-refractivity contribution in [1.29, 1.82) is 0 Å². The Balaban J connectivity index is 2.58. The fourth-order valence-corrected chi connectivity index (χ4v) is 2.17. The van der Waals surface area contributed by atoms with E-state index in [2.05, 4.69) is 25.8 Å². The Morgan fingerprint density at radius 3 is 2.64 bits per heavy atom. The number of ether oxygens (including phenoxy) is 1. The molecule has 2 N–H and O–H groups in total. The minimum atomic E-state index is -0.0566. The van der Waals surface area contributed by atoms with Crippen LogP contribution in [0.25, 0.3) is 0 Å². The quantitative estimate of drug-likeness (QED) is 0.744. The predicted molar refractivity (Wildman–Crippen MR) is 59.4 cm³/mol. The largest absolute Gasteiger partial charge is 0.371 e. The van der Waals surface area contributed by atoms with Crippen LogP contribution in [0.3, 0.4) is 0 Å². The Bertz CT molecular complexity index is 173. The van der Waals surface area contributed by atoms with E-state index in [1.807, 2.05) is 0 Å². The number of likely N-dealkylation sites (tertiary alicyclic amines) is 1. The van der Waals surface area contributed by atoms with E-state index in [4.69, 9.17) is 10.5 Å². The molecule has 1 aliphatic rings. The fraction of sp³-hybridized carbons (Fsp3) is 1.00. The standard InChI is InChI=1S/C11H24N2O/c1-10(2)14-11(9-12)5-4-7-13(3)8-6-11/h10H,4-9,12H2,1-3H3. The number of rotatable bonds is 3. The lowest BCUT2D eigenvalue weighted by molar-refractivity contribution is -0.0819. The van der Waals surface area contributed by atoms with Crippen molar-refractivity contribution in [2.24, 2.45) is 5.73 Å². The summed E-state index contributed by atoms with van der Waals surface area (Å²) in [4.78, 5) is 2.36. The van der Waals surface area contributed by atoms with E-state index in [1.165, 1.54) is 13.0 Å². The van der Waals surface area contributed by atoms with Crippen LogP contribution >= 0.6 is 0 Å². The molecular formula is C11H24N2O. The van der Waals surface area contributed by atoms with Crippen LogP contribution in [-0.4, -0.2) is 43.3 Å². The molecule has 0 aromatic carbocycles. The van der Waals surface area contributed by atoms with Gasteiger partial charge in [-0.1, -0.05) is 0 Å². The van der Waals surface area contributed by atoms with Crippen LogP contribution in [0.5, 0.6) is 0 Å². The van der Waals surface area contributed by atoms with Crippen molar-refractivity contribution in [2.75, 3.05) is 26.7 Å². The summed E-state index contributed by atoms with van der Waals surface area (Å²) >= 11 is 0. The average molecular weight is 200 g/mol. The molecule has 1 saturated heterocycles. The first kappa shape index (κ1) is 12.0. The second-order valence-electron chi connectivity index (χ2n) is 4.71. The van der Waals surface area contributed by atoms with Crippen LogP contribution in [0.1, 0.15) is 33.1 Å². The van der Waals surface area contributed by atoms with E-state index in [0.717, 1.165) is 19.4 Å². The van der Waals surface area contributed by atoms with Crippen molar-refractivity contribution in [3.05, 3.63) is 0 Å². The van der Waals surface area contributed by atoms with Crippen LogP contribution < -0.4 is 5.73 Å². The molecule has 1 aliphatic heterocycles. The van der Waals surface area contributed by atoms with Gasteiger partial charge in [0.2, 0.25) is 0 Å². The molecule has 3 heteroatoms. The van der Waals surface area contributed by atoms with Gasteiger partial charge in [0.1, 0.15) is 0 Å². The maximum Gasteiger partial charge on any atom is 0.0820 e. The van der Waals surface area contributed by atoms with Gasteiger partial charge in [-0.05, 0) is 46.7 Å². The molecule has 0 bridgehead atoms. The third-order valence-corrected chi connectivity index (χ3v) is 2.98. The smallest absolute Gasteiger partial charge is 0.0820 e. The molecule has 1 fully saturated rings. The lowest BCUT2D eigenvalue weighted by Crippen LogP contribution is -2.43. The summed E-state index contributed by atoms with van der Waals surface area (Å²) in [5.74, 6) is 0. The number of hydrogen-bond acceptors (Lipinski definition) is 3. The highest BCUT2D eigenvalue weighted by molar-refractivity contribution is 4.86. The van der Waals surface area contributed by atoms with E-state index in [0.29, 0.717) is 6.54 Å². The van der Waals surface area contributed by atoms with E-state index in [9.17, 15) is 0 Å². The minimum absolute atomic E-state index is 0.0566. The maximum absolute atomic E-state index is 6.00. The second-order valence-corrected chi connectivity index (χ2v) is 4.71. The van der Waals surface area contributed by atoms with Gasteiger partial charge in [-0.2, -0.15) is 0 Å². The average Bonchev–Trinajstić information content (AvgIpc) is 2.29. The van der Waals surface area contributed by atoms with Crippen LogP contribution in [0.2, 0.25) is 0 Å². The molecule has 1 unspecified atom stereocenters. The zero-order valence-corrected chi connectivity index (χ0v) is 9.75. The summed E-state index contributed by atoms with van der Waals surface area (Å²) in [5.41, 5.74) is 5.80. The molecule has 1 heterocycles. The van der Waals surface area contributed by atoms with Crippen LogP contribution in [-0.2, 0) is 4.74 Å². The third kappa shape index (κ3) is 3.23. The van der Waals surface area contributed by atoms with Gasteiger partial charge in [-0.25, -0.2) is 0 Å². The molecule has 0 saturated carbocycles. The van der Waals surface area contributed by atoms with E-state index >= 15 is 0 Å². The normalized spacial score (nSPS) is 30.6. The number of hydrogen-bond donors (Lipinski definition) is 1. The molecule has 0 amide bonds. The number of nitrogens with zero attached hydrogens (tertiary/aromatic N) is 1. The van der Waals surface area contributed by atoms with Crippen molar-refractivity contribution in [2.45, 2.75) is 44.8 Å². The fourth-order valence-electron chi connectivity index (χ4n) is 2.17. The van der Waals surface area contributed by atoms with E-state index in [-0.39, 0.29) is 11.7 Å². The minimum Gasteiger partial charge on any atom is -0.371 e. The monoisotopic (exact) mass is 200 g/mol. The van der Waals surface area contributed by atoms with Gasteiger partial charge in [0, 0.05) is 13.1 Å². The Morgan fingerprint density at radius 2 is 2.07 bits per heavy atom. The summed E-state index contributed by atoms with van der Waals surface area (Å²) in [7, 11) is 2.17.